The number of benzene rings is 3. The summed E-state index contributed by atoms with van der Waals surface area (Å²) in [5.74, 6) is 0.138. The number of carbonyl (C=O) groups is 2. The highest BCUT2D eigenvalue weighted by Gasteiger charge is 2.33. The van der Waals surface area contributed by atoms with Crippen molar-refractivity contribution in [1.82, 2.24) is 10.2 Å². The number of carbonyl (C=O) groups excluding carboxylic acids is 2. The van der Waals surface area contributed by atoms with Gasteiger partial charge in [0.05, 0.1) is 24.3 Å². The first kappa shape index (κ1) is 32.5. The van der Waals surface area contributed by atoms with Crippen LogP contribution in [-0.4, -0.2) is 58.0 Å². The molecule has 1 N–H and O–H groups in total. The second-order valence-corrected chi connectivity index (χ2v) is 11.8. The monoisotopic (exact) mass is 595 g/mol. The van der Waals surface area contributed by atoms with E-state index in [1.54, 1.807) is 69.5 Å². The average molecular weight is 596 g/mol. The molecule has 9 nitrogen and oxygen atoms in total. The van der Waals surface area contributed by atoms with E-state index in [1.165, 1.54) is 17.0 Å². The van der Waals surface area contributed by atoms with Crippen molar-refractivity contribution >= 4 is 27.5 Å². The quantitative estimate of drug-likeness (QED) is 0.250. The highest BCUT2D eigenvalue weighted by Crippen LogP contribution is 2.33. The fourth-order valence-corrected chi connectivity index (χ4v) is 5.76. The van der Waals surface area contributed by atoms with Crippen LogP contribution in [0.4, 0.5) is 5.69 Å². The molecule has 226 valence electrons. The van der Waals surface area contributed by atoms with Gasteiger partial charge in [0, 0.05) is 13.1 Å². The maximum Gasteiger partial charge on any atom is 0.264 e. The number of unbranched alkanes of at least 4 members (excludes halogenated alkanes) is 1. The number of anilines is 1. The lowest BCUT2D eigenvalue weighted by molar-refractivity contribution is -0.139. The maximum atomic E-state index is 14.1. The fraction of sp³-hybridized carbons (Fsp3) is 0.375. The van der Waals surface area contributed by atoms with E-state index in [-0.39, 0.29) is 23.0 Å². The number of ether oxygens (including phenoxy) is 2. The number of nitrogens with zero attached hydrogens (tertiary/aromatic N) is 2. The zero-order chi connectivity index (χ0) is 30.7. The number of aryl methyl sites for hydroxylation is 1. The summed E-state index contributed by atoms with van der Waals surface area (Å²) in [5.41, 5.74) is 1.90. The third-order valence-electron chi connectivity index (χ3n) is 6.83. The van der Waals surface area contributed by atoms with Gasteiger partial charge in [0.15, 0.2) is 0 Å². The SMILES string of the molecule is CCCCNC(=O)[C@@H](C)N(Cc1ccc(OC)cc1)C(=O)CN(c1ccccc1OCC)S(=O)(=O)c1ccc(C)cc1. The number of nitrogens with one attached hydrogen (secondary N) is 1. The number of para-hydroxylation sites is 2. The predicted octanol–water partition coefficient (Wildman–Crippen LogP) is 4.93. The molecule has 0 aromatic heterocycles. The standard InChI is InChI=1S/C32H41N3O6S/c1-6-8-21-33-32(37)25(4)34(22-26-15-17-27(40-5)18-16-26)31(36)23-35(29-11-9-10-12-30(29)41-7-2)42(38,39)28-19-13-24(3)14-20-28/h9-20,25H,6-8,21-23H2,1-5H3,(H,33,37)/t25-/m1/s1. The van der Waals surface area contributed by atoms with Gasteiger partial charge in [-0.05, 0) is 69.2 Å². The first-order valence-electron chi connectivity index (χ1n) is 14.1. The van der Waals surface area contributed by atoms with Crippen LogP contribution in [0.25, 0.3) is 0 Å². The minimum atomic E-state index is -4.20. The van der Waals surface area contributed by atoms with Crippen LogP contribution in [0.3, 0.4) is 0 Å². The smallest absolute Gasteiger partial charge is 0.264 e. The Labute approximate surface area is 249 Å². The number of rotatable bonds is 15. The van der Waals surface area contributed by atoms with Crippen LogP contribution in [0.2, 0.25) is 0 Å². The Bertz CT molecular complexity index is 1430. The molecule has 1 atom stereocenters. The molecule has 3 aromatic rings. The lowest BCUT2D eigenvalue weighted by Crippen LogP contribution is -2.51. The topological polar surface area (TPSA) is 105 Å². The Kier molecular flexibility index (Phi) is 11.8. The van der Waals surface area contributed by atoms with E-state index in [1.807, 2.05) is 26.0 Å². The second-order valence-electron chi connectivity index (χ2n) is 9.92. The third-order valence-corrected chi connectivity index (χ3v) is 8.60. The molecule has 3 rings (SSSR count). The molecule has 3 aromatic carbocycles. The zero-order valence-electron chi connectivity index (χ0n) is 25.0. The van der Waals surface area contributed by atoms with Gasteiger partial charge in [-0.15, -0.1) is 0 Å². The van der Waals surface area contributed by atoms with Crippen LogP contribution >= 0.6 is 0 Å². The van der Waals surface area contributed by atoms with E-state index in [0.29, 0.717) is 24.7 Å². The van der Waals surface area contributed by atoms with Gasteiger partial charge in [-0.3, -0.25) is 13.9 Å². The summed E-state index contributed by atoms with van der Waals surface area (Å²) < 4.78 is 40.2. The molecular formula is C32H41N3O6S. The van der Waals surface area contributed by atoms with Gasteiger partial charge in [0.1, 0.15) is 24.1 Å². The molecule has 0 saturated heterocycles. The Balaban J connectivity index is 2.04. The molecule has 0 aliphatic carbocycles. The highest BCUT2D eigenvalue weighted by atomic mass is 32.2. The molecule has 0 aliphatic heterocycles. The zero-order valence-corrected chi connectivity index (χ0v) is 25.8. The Morgan fingerprint density at radius 1 is 0.952 bits per heavy atom. The Hall–Kier alpha value is -4.05. The molecule has 0 spiro atoms. The Morgan fingerprint density at radius 2 is 1.62 bits per heavy atom. The van der Waals surface area contributed by atoms with Gasteiger partial charge in [-0.2, -0.15) is 0 Å². The van der Waals surface area contributed by atoms with Crippen LogP contribution in [0, 0.1) is 6.92 Å². The van der Waals surface area contributed by atoms with Gasteiger partial charge >= 0.3 is 0 Å². The Morgan fingerprint density at radius 3 is 2.24 bits per heavy atom. The molecule has 0 bridgehead atoms. The normalized spacial score (nSPS) is 11.8. The van der Waals surface area contributed by atoms with Gasteiger partial charge in [0.25, 0.3) is 10.0 Å². The van der Waals surface area contributed by atoms with E-state index >= 15 is 0 Å². The molecular weight excluding hydrogens is 554 g/mol. The van der Waals surface area contributed by atoms with Crippen molar-refractivity contribution in [1.29, 1.82) is 0 Å². The van der Waals surface area contributed by atoms with Crippen LogP contribution in [-0.2, 0) is 26.2 Å². The first-order valence-corrected chi connectivity index (χ1v) is 15.6. The van der Waals surface area contributed by atoms with Crippen LogP contribution in [0.1, 0.15) is 44.7 Å². The minimum absolute atomic E-state index is 0.0410. The summed E-state index contributed by atoms with van der Waals surface area (Å²) in [7, 11) is -2.63. The second kappa shape index (κ2) is 15.3. The number of amides is 2. The molecule has 0 aliphatic rings. The first-order chi connectivity index (χ1) is 20.1. The van der Waals surface area contributed by atoms with Crippen LogP contribution in [0.5, 0.6) is 11.5 Å². The molecule has 0 heterocycles. The summed E-state index contributed by atoms with van der Waals surface area (Å²) in [6, 6.07) is 19.5. The van der Waals surface area contributed by atoms with E-state index < -0.39 is 28.5 Å². The molecule has 42 heavy (non-hydrogen) atoms. The lowest BCUT2D eigenvalue weighted by atomic mass is 10.1. The minimum Gasteiger partial charge on any atom is -0.497 e. The van der Waals surface area contributed by atoms with Gasteiger partial charge in [-0.25, -0.2) is 8.42 Å². The van der Waals surface area contributed by atoms with Crippen molar-refractivity contribution in [3.63, 3.8) is 0 Å². The number of hydrogen-bond acceptors (Lipinski definition) is 6. The molecule has 0 unspecified atom stereocenters. The number of sulfonamides is 1. The van der Waals surface area contributed by atoms with Crippen molar-refractivity contribution in [2.75, 3.05) is 31.1 Å². The van der Waals surface area contributed by atoms with E-state index in [9.17, 15) is 18.0 Å². The van der Waals surface area contributed by atoms with Crippen molar-refractivity contribution in [2.24, 2.45) is 0 Å². The van der Waals surface area contributed by atoms with Crippen molar-refractivity contribution < 1.29 is 27.5 Å². The van der Waals surface area contributed by atoms with Gasteiger partial charge < -0.3 is 19.7 Å². The predicted molar refractivity (Wildman–Crippen MR) is 164 cm³/mol. The van der Waals surface area contributed by atoms with Crippen LogP contribution in [0.15, 0.2) is 77.7 Å². The van der Waals surface area contributed by atoms with Crippen LogP contribution < -0.4 is 19.1 Å². The largest absolute Gasteiger partial charge is 0.497 e. The fourth-order valence-electron chi connectivity index (χ4n) is 4.34. The summed E-state index contributed by atoms with van der Waals surface area (Å²) >= 11 is 0. The van der Waals surface area contributed by atoms with Gasteiger partial charge in [-0.1, -0.05) is 55.3 Å². The molecule has 0 radical (unpaired) electrons. The van der Waals surface area contributed by atoms with E-state index in [0.717, 1.165) is 28.3 Å². The van der Waals surface area contributed by atoms with Crippen molar-refractivity contribution in [2.45, 2.75) is 58.0 Å². The number of methoxy groups -OCH3 is 1. The van der Waals surface area contributed by atoms with Crippen molar-refractivity contribution in [3.05, 3.63) is 83.9 Å². The van der Waals surface area contributed by atoms with Gasteiger partial charge in [0.2, 0.25) is 11.8 Å². The van der Waals surface area contributed by atoms with E-state index in [2.05, 4.69) is 5.32 Å². The summed E-state index contributed by atoms with van der Waals surface area (Å²) in [6.07, 6.45) is 1.72. The number of hydrogen-bond donors (Lipinski definition) is 1. The molecule has 0 saturated carbocycles. The maximum absolute atomic E-state index is 14.1. The molecule has 2 amide bonds. The summed E-state index contributed by atoms with van der Waals surface area (Å²) in [4.78, 5) is 28.7. The van der Waals surface area contributed by atoms with Crippen molar-refractivity contribution in [3.8, 4) is 11.5 Å². The van der Waals surface area contributed by atoms with E-state index in [4.69, 9.17) is 9.47 Å². The molecule has 0 fully saturated rings. The highest BCUT2D eigenvalue weighted by molar-refractivity contribution is 7.92. The third kappa shape index (κ3) is 8.25. The summed E-state index contributed by atoms with van der Waals surface area (Å²) in [5, 5.41) is 2.89. The summed E-state index contributed by atoms with van der Waals surface area (Å²) in [6.45, 7) is 7.69. The lowest BCUT2D eigenvalue weighted by Gasteiger charge is -2.32. The molecule has 10 heteroatoms. The average Bonchev–Trinajstić information content (AvgIpc) is 2.99.